The molecule has 3 aromatic rings. The number of nitrogens with one attached hydrogen (secondary N) is 2. The zero-order valence-electron chi connectivity index (χ0n) is 26.2. The molecule has 0 atom stereocenters. The Morgan fingerprint density at radius 2 is 1.80 bits per heavy atom. The number of aliphatic imine (C=N–C) groups is 2. The zero-order valence-corrected chi connectivity index (χ0v) is 26.2. The predicted octanol–water partition coefficient (Wildman–Crippen LogP) is 5.85. The van der Waals surface area contributed by atoms with Crippen LogP contribution in [0.3, 0.4) is 0 Å². The third-order valence-corrected chi connectivity index (χ3v) is 7.89. The molecule has 14 heteroatoms. The van der Waals surface area contributed by atoms with E-state index in [2.05, 4.69) is 25.6 Å². The Hall–Kier alpha value is -4.59. The van der Waals surface area contributed by atoms with Crippen LogP contribution in [0.2, 0.25) is 0 Å². The van der Waals surface area contributed by atoms with E-state index in [0.717, 1.165) is 17.7 Å². The van der Waals surface area contributed by atoms with Crippen LogP contribution in [0, 0.1) is 6.92 Å². The van der Waals surface area contributed by atoms with Crippen LogP contribution in [-0.4, -0.2) is 91.3 Å². The number of aromatic nitrogens is 2. The number of carbonyl (C=O) groups excluding carboxylic acids is 1. The summed E-state index contributed by atoms with van der Waals surface area (Å²) in [5.74, 6) is 0.286. The van der Waals surface area contributed by atoms with Gasteiger partial charge in [-0.1, -0.05) is 6.07 Å². The molecule has 5 rings (SSSR count). The van der Waals surface area contributed by atoms with Crippen LogP contribution in [0.1, 0.15) is 40.0 Å². The minimum atomic E-state index is -4.59. The second-order valence-corrected chi connectivity index (χ2v) is 11.7. The summed E-state index contributed by atoms with van der Waals surface area (Å²) in [5.41, 5.74) is 2.23. The van der Waals surface area contributed by atoms with Gasteiger partial charge in [0, 0.05) is 68.5 Å². The molecule has 1 fully saturated rings. The fraction of sp³-hybridized carbons (Fsp3) is 0.406. The molecule has 244 valence electrons. The Balaban J connectivity index is 1.39. The van der Waals surface area contributed by atoms with E-state index < -0.39 is 23.8 Å². The lowest BCUT2D eigenvalue weighted by molar-refractivity contribution is -0.137. The third kappa shape index (κ3) is 7.97. The molecule has 0 bridgehead atoms. The number of rotatable bonds is 8. The summed E-state index contributed by atoms with van der Waals surface area (Å²) >= 11 is 0. The van der Waals surface area contributed by atoms with E-state index >= 15 is 0 Å². The second-order valence-electron chi connectivity index (χ2n) is 11.7. The van der Waals surface area contributed by atoms with Crippen LogP contribution < -0.4 is 15.5 Å². The van der Waals surface area contributed by atoms with Crippen LogP contribution in [0.5, 0.6) is 0 Å². The summed E-state index contributed by atoms with van der Waals surface area (Å²) in [6.45, 7) is 3.99. The largest absolute Gasteiger partial charge is 0.416 e. The van der Waals surface area contributed by atoms with Gasteiger partial charge < -0.3 is 25.3 Å². The molecule has 1 saturated heterocycles. The molecule has 1 amide bonds. The lowest BCUT2D eigenvalue weighted by Gasteiger charge is -2.29. The van der Waals surface area contributed by atoms with Crippen LogP contribution in [0.15, 0.2) is 52.7 Å². The number of nitrogens with zero attached hydrogens (tertiary/aromatic N) is 7. The van der Waals surface area contributed by atoms with E-state index in [9.17, 15) is 22.4 Å². The van der Waals surface area contributed by atoms with Crippen LogP contribution >= 0.6 is 0 Å². The summed E-state index contributed by atoms with van der Waals surface area (Å²) in [6, 6.07) is 8.49. The highest BCUT2D eigenvalue weighted by molar-refractivity contribution is 6.05. The van der Waals surface area contributed by atoms with Gasteiger partial charge in [-0.3, -0.25) is 4.79 Å². The molecule has 10 nitrogen and oxygen atoms in total. The lowest BCUT2D eigenvalue weighted by atomic mass is 10.1. The van der Waals surface area contributed by atoms with Gasteiger partial charge in [0.1, 0.15) is 18.2 Å². The number of alkyl halides is 4. The molecule has 3 heterocycles. The van der Waals surface area contributed by atoms with Crippen molar-refractivity contribution in [2.24, 2.45) is 9.98 Å². The lowest BCUT2D eigenvalue weighted by Crippen LogP contribution is -2.38. The van der Waals surface area contributed by atoms with Crippen molar-refractivity contribution in [3.63, 3.8) is 0 Å². The molecule has 0 radical (unpaired) electrons. The fourth-order valence-corrected chi connectivity index (χ4v) is 5.09. The Morgan fingerprint density at radius 1 is 1.04 bits per heavy atom. The first-order chi connectivity index (χ1) is 21.9. The Labute approximate surface area is 265 Å². The number of hydrogen-bond donors (Lipinski definition) is 2. The maximum atomic E-state index is 13.8. The van der Waals surface area contributed by atoms with Crippen molar-refractivity contribution < 1.29 is 22.4 Å². The van der Waals surface area contributed by atoms with Gasteiger partial charge in [-0.15, -0.1) is 0 Å². The number of anilines is 4. The SMILES string of the molecule is Cc1ccc(C(=O)Nc2cc(N(C)CCN(C)C)cc(C(F)(F)F)c2)cc1Nc1ncnc2c1N=C(N1CCC(F)CC1)N=CC2. The normalized spacial score (nSPS) is 15.3. The number of piperidine rings is 1. The highest BCUT2D eigenvalue weighted by Crippen LogP contribution is 2.35. The van der Waals surface area contributed by atoms with Crippen molar-refractivity contribution in [3.8, 4) is 0 Å². The smallest absolute Gasteiger partial charge is 0.373 e. The van der Waals surface area contributed by atoms with Gasteiger partial charge in [0.15, 0.2) is 5.82 Å². The van der Waals surface area contributed by atoms with Crippen LogP contribution in [0.25, 0.3) is 0 Å². The van der Waals surface area contributed by atoms with Gasteiger partial charge in [-0.2, -0.15) is 13.2 Å². The summed E-state index contributed by atoms with van der Waals surface area (Å²) in [4.78, 5) is 37.0. The fourth-order valence-electron chi connectivity index (χ4n) is 5.09. The molecule has 46 heavy (non-hydrogen) atoms. The molecule has 2 N–H and O–H groups in total. The van der Waals surface area contributed by atoms with Crippen molar-refractivity contribution in [1.29, 1.82) is 0 Å². The molecule has 0 unspecified atom stereocenters. The minimum Gasteiger partial charge on any atom is -0.373 e. The first kappa shape index (κ1) is 32.8. The van der Waals surface area contributed by atoms with E-state index in [1.54, 1.807) is 36.4 Å². The van der Waals surface area contributed by atoms with Crippen molar-refractivity contribution in [1.82, 2.24) is 19.8 Å². The summed E-state index contributed by atoms with van der Waals surface area (Å²) < 4.78 is 55.1. The standard InChI is InChI=1S/C32H37F4N9O/c1-20-5-6-21(30(46)40-24-16-22(32(34,35)36)17-25(18-24)44(4)14-13-43(2)3)15-27(20)41-29-28-26(38-19-39-29)7-10-37-31(42-28)45-11-8-23(33)9-12-45/h5-6,10,15-19,23H,7-9,11-14H2,1-4H3,(H,40,46)(H,38,39,41). The maximum Gasteiger partial charge on any atom is 0.416 e. The number of benzene rings is 2. The number of likely N-dealkylation sites (tertiary alicyclic amines) is 1. The van der Waals surface area contributed by atoms with Gasteiger partial charge in [-0.25, -0.2) is 24.3 Å². The van der Waals surface area contributed by atoms with E-state index in [1.807, 2.05) is 30.8 Å². The quantitative estimate of drug-likeness (QED) is 0.299. The number of aryl methyl sites for hydroxylation is 1. The third-order valence-electron chi connectivity index (χ3n) is 7.89. The second kappa shape index (κ2) is 13.8. The Morgan fingerprint density at radius 3 is 2.52 bits per heavy atom. The minimum absolute atomic E-state index is 0.0291. The first-order valence-electron chi connectivity index (χ1n) is 15.0. The van der Waals surface area contributed by atoms with Crippen LogP contribution in [0.4, 0.5) is 46.1 Å². The summed E-state index contributed by atoms with van der Waals surface area (Å²) in [7, 11) is 5.48. The van der Waals surface area contributed by atoms with Gasteiger partial charge >= 0.3 is 6.18 Å². The van der Waals surface area contributed by atoms with E-state index in [4.69, 9.17) is 4.99 Å². The molecule has 0 saturated carbocycles. The molecule has 2 aromatic carbocycles. The average Bonchev–Trinajstić information content (AvgIpc) is 3.24. The molecule has 0 aliphatic carbocycles. The topological polar surface area (TPSA) is 101 Å². The number of guanidine groups is 1. The maximum absolute atomic E-state index is 13.8. The van der Waals surface area contributed by atoms with E-state index in [-0.39, 0.29) is 11.3 Å². The average molecular weight is 640 g/mol. The van der Waals surface area contributed by atoms with Gasteiger partial charge in [0.05, 0.1) is 11.3 Å². The summed E-state index contributed by atoms with van der Waals surface area (Å²) in [5, 5.41) is 5.91. The van der Waals surface area contributed by atoms with Gasteiger partial charge in [0.25, 0.3) is 5.91 Å². The number of fused-ring (bicyclic) bond motifs is 1. The van der Waals surface area contributed by atoms with Crippen molar-refractivity contribution in [3.05, 3.63) is 65.1 Å². The van der Waals surface area contributed by atoms with Crippen molar-refractivity contribution in [2.75, 3.05) is 62.9 Å². The van der Waals surface area contributed by atoms with E-state index in [0.29, 0.717) is 80.0 Å². The number of halogens is 4. The first-order valence-corrected chi connectivity index (χ1v) is 15.0. The Bertz CT molecular complexity index is 1630. The molecular weight excluding hydrogens is 602 g/mol. The number of likely N-dealkylation sites (N-methyl/N-ethyl adjacent to an activating group) is 2. The highest BCUT2D eigenvalue weighted by atomic mass is 19.4. The molecule has 2 aliphatic rings. The highest BCUT2D eigenvalue weighted by Gasteiger charge is 2.32. The molecule has 2 aliphatic heterocycles. The molecule has 1 aromatic heterocycles. The summed E-state index contributed by atoms with van der Waals surface area (Å²) in [6.07, 6.45) is -1.07. The number of carbonyl (C=O) groups is 1. The van der Waals surface area contributed by atoms with Gasteiger partial charge in [0.2, 0.25) is 5.96 Å². The number of amides is 1. The monoisotopic (exact) mass is 639 g/mol. The van der Waals surface area contributed by atoms with Crippen molar-refractivity contribution >= 4 is 46.6 Å². The number of hydrogen-bond acceptors (Lipinski definition) is 9. The van der Waals surface area contributed by atoms with Crippen LogP contribution in [-0.2, 0) is 12.6 Å². The van der Waals surface area contributed by atoms with Crippen molar-refractivity contribution in [2.45, 2.75) is 38.5 Å². The predicted molar refractivity (Wildman–Crippen MR) is 173 cm³/mol. The zero-order chi connectivity index (χ0) is 33.0. The molecule has 0 spiro atoms. The van der Waals surface area contributed by atoms with Gasteiger partial charge in [-0.05, 0) is 69.8 Å². The molecular formula is C32H37F4N9O. The Kier molecular flexibility index (Phi) is 9.85. The van der Waals surface area contributed by atoms with E-state index in [1.165, 1.54) is 12.4 Å².